The van der Waals surface area contributed by atoms with Crippen molar-refractivity contribution in [1.29, 1.82) is 0 Å². The van der Waals surface area contributed by atoms with Crippen molar-refractivity contribution in [3.8, 4) is 0 Å². The summed E-state index contributed by atoms with van der Waals surface area (Å²) in [7, 11) is 1.17. The number of alkyl halides is 3. The third-order valence-electron chi connectivity index (χ3n) is 4.51. The Hall–Kier alpha value is -1.57. The molecule has 0 atom stereocenters. The van der Waals surface area contributed by atoms with E-state index in [0.29, 0.717) is 19.1 Å². The van der Waals surface area contributed by atoms with Gasteiger partial charge in [0.15, 0.2) is 11.6 Å². The lowest BCUT2D eigenvalue weighted by molar-refractivity contribution is -0.185. The molecule has 0 radical (unpaired) electrons. The Bertz CT molecular complexity index is 560. The standard InChI is InChI=1S/C14H17F3N2O3/c1-19(13(4-5-13)14(15,16)17)12(20)10-8-22-11(18-10)9-2-6-21-7-3-9/h8-9H,2-7H2,1H3. The number of carbonyl (C=O) groups is 1. The molecular formula is C14H17F3N2O3. The highest BCUT2D eigenvalue weighted by Crippen LogP contribution is 2.53. The molecule has 1 aromatic rings. The minimum Gasteiger partial charge on any atom is -0.448 e. The topological polar surface area (TPSA) is 55.6 Å². The van der Waals surface area contributed by atoms with Crippen LogP contribution in [0.2, 0.25) is 0 Å². The fourth-order valence-electron chi connectivity index (χ4n) is 2.81. The van der Waals surface area contributed by atoms with Crippen LogP contribution >= 0.6 is 0 Å². The molecule has 3 rings (SSSR count). The van der Waals surface area contributed by atoms with Gasteiger partial charge in [0.1, 0.15) is 11.8 Å². The summed E-state index contributed by atoms with van der Waals surface area (Å²) in [5.41, 5.74) is -2.11. The summed E-state index contributed by atoms with van der Waals surface area (Å²) < 4.78 is 49.7. The molecule has 0 spiro atoms. The van der Waals surface area contributed by atoms with E-state index in [9.17, 15) is 18.0 Å². The van der Waals surface area contributed by atoms with Crippen LogP contribution in [0.1, 0.15) is 48.0 Å². The summed E-state index contributed by atoms with van der Waals surface area (Å²) >= 11 is 0. The number of aromatic nitrogens is 1. The third kappa shape index (κ3) is 2.49. The molecule has 2 heterocycles. The second kappa shape index (κ2) is 5.26. The van der Waals surface area contributed by atoms with Gasteiger partial charge < -0.3 is 14.1 Å². The van der Waals surface area contributed by atoms with Crippen LogP contribution in [0.3, 0.4) is 0 Å². The average Bonchev–Trinajstić information content (AvgIpc) is 3.18. The second-order valence-electron chi connectivity index (χ2n) is 5.85. The van der Waals surface area contributed by atoms with Crippen molar-refractivity contribution in [3.05, 3.63) is 17.8 Å². The van der Waals surface area contributed by atoms with Gasteiger partial charge in [0.25, 0.3) is 5.91 Å². The van der Waals surface area contributed by atoms with Crippen molar-refractivity contribution >= 4 is 5.91 Å². The first kappa shape index (κ1) is 15.3. The summed E-state index contributed by atoms with van der Waals surface area (Å²) in [4.78, 5) is 17.1. The number of hydrogen-bond acceptors (Lipinski definition) is 4. The molecule has 1 saturated heterocycles. The Balaban J connectivity index is 1.74. The molecule has 1 aliphatic carbocycles. The Morgan fingerprint density at radius 1 is 1.36 bits per heavy atom. The molecule has 122 valence electrons. The molecule has 22 heavy (non-hydrogen) atoms. The highest BCUT2D eigenvalue weighted by atomic mass is 19.4. The van der Waals surface area contributed by atoms with Crippen LogP contribution in [-0.2, 0) is 4.74 Å². The summed E-state index contributed by atoms with van der Waals surface area (Å²) in [6.07, 6.45) is -1.94. The number of oxazole rings is 1. The molecule has 0 bridgehead atoms. The molecule has 1 amide bonds. The molecule has 8 heteroatoms. The first-order chi connectivity index (χ1) is 10.3. The zero-order valence-electron chi connectivity index (χ0n) is 12.2. The monoisotopic (exact) mass is 318 g/mol. The number of rotatable bonds is 3. The summed E-state index contributed by atoms with van der Waals surface area (Å²) in [5, 5.41) is 0. The van der Waals surface area contributed by atoms with E-state index in [1.165, 1.54) is 7.05 Å². The fraction of sp³-hybridized carbons (Fsp3) is 0.714. The van der Waals surface area contributed by atoms with E-state index in [1.807, 2.05) is 0 Å². The van der Waals surface area contributed by atoms with Gasteiger partial charge in [0.2, 0.25) is 0 Å². The molecule has 1 saturated carbocycles. The van der Waals surface area contributed by atoms with Crippen LogP contribution in [0.25, 0.3) is 0 Å². The Morgan fingerprint density at radius 2 is 2.00 bits per heavy atom. The third-order valence-corrected chi connectivity index (χ3v) is 4.51. The minimum atomic E-state index is -4.43. The van der Waals surface area contributed by atoms with Gasteiger partial charge >= 0.3 is 6.18 Å². The van der Waals surface area contributed by atoms with Crippen molar-refractivity contribution in [3.63, 3.8) is 0 Å². The van der Waals surface area contributed by atoms with Gasteiger partial charge in [-0.2, -0.15) is 13.2 Å². The number of hydrogen-bond donors (Lipinski definition) is 0. The highest BCUT2D eigenvalue weighted by Gasteiger charge is 2.67. The van der Waals surface area contributed by atoms with Crippen LogP contribution < -0.4 is 0 Å². The zero-order chi connectivity index (χ0) is 16.0. The Labute approximate surface area is 125 Å². The molecular weight excluding hydrogens is 301 g/mol. The van der Waals surface area contributed by atoms with E-state index in [0.717, 1.165) is 24.0 Å². The first-order valence-corrected chi connectivity index (χ1v) is 7.23. The van der Waals surface area contributed by atoms with Gasteiger partial charge in [-0.1, -0.05) is 0 Å². The normalized spacial score (nSPS) is 21.6. The van der Waals surface area contributed by atoms with Gasteiger partial charge in [-0.25, -0.2) is 4.98 Å². The highest BCUT2D eigenvalue weighted by molar-refractivity contribution is 5.92. The van der Waals surface area contributed by atoms with Gasteiger partial charge in [0.05, 0.1) is 0 Å². The summed E-state index contributed by atoms with van der Waals surface area (Å²) in [6.45, 7) is 1.18. The van der Waals surface area contributed by atoms with E-state index in [1.54, 1.807) is 0 Å². The maximum absolute atomic E-state index is 13.1. The number of amides is 1. The molecule has 5 nitrogen and oxygen atoms in total. The predicted octanol–water partition coefficient (Wildman–Crippen LogP) is 2.74. The first-order valence-electron chi connectivity index (χ1n) is 7.23. The summed E-state index contributed by atoms with van der Waals surface area (Å²) in [6, 6.07) is 0. The van der Waals surface area contributed by atoms with Crippen molar-refractivity contribution < 1.29 is 27.1 Å². The number of carbonyl (C=O) groups excluding carboxylic acids is 1. The molecule has 2 fully saturated rings. The van der Waals surface area contributed by atoms with Crippen LogP contribution in [0, 0.1) is 0 Å². The maximum Gasteiger partial charge on any atom is 0.411 e. The lowest BCUT2D eigenvalue weighted by Crippen LogP contribution is -2.49. The van der Waals surface area contributed by atoms with Crippen LogP contribution in [-0.4, -0.2) is 47.8 Å². The molecule has 0 N–H and O–H groups in total. The van der Waals surface area contributed by atoms with Gasteiger partial charge in [-0.3, -0.25) is 4.79 Å². The second-order valence-corrected chi connectivity index (χ2v) is 5.85. The van der Waals surface area contributed by atoms with E-state index < -0.39 is 17.6 Å². The molecule has 2 aliphatic rings. The largest absolute Gasteiger partial charge is 0.448 e. The SMILES string of the molecule is CN(C(=O)c1coc(C2CCOCC2)n1)C1(C(F)(F)F)CC1. The zero-order valence-corrected chi connectivity index (χ0v) is 12.2. The minimum absolute atomic E-state index is 0.0538. The van der Waals surface area contributed by atoms with E-state index in [2.05, 4.69) is 4.98 Å². The molecule has 1 aliphatic heterocycles. The Morgan fingerprint density at radius 3 is 2.55 bits per heavy atom. The Kier molecular flexibility index (Phi) is 3.66. The van der Waals surface area contributed by atoms with E-state index >= 15 is 0 Å². The van der Waals surface area contributed by atoms with Crippen LogP contribution in [0.15, 0.2) is 10.7 Å². The van der Waals surface area contributed by atoms with E-state index in [4.69, 9.17) is 9.15 Å². The molecule has 0 unspecified atom stereocenters. The predicted molar refractivity (Wildman–Crippen MR) is 69.4 cm³/mol. The smallest absolute Gasteiger partial charge is 0.411 e. The van der Waals surface area contributed by atoms with Gasteiger partial charge in [-0.05, 0) is 25.7 Å². The number of nitrogens with zero attached hydrogens (tertiary/aromatic N) is 2. The van der Waals surface area contributed by atoms with Crippen LogP contribution in [0.4, 0.5) is 13.2 Å². The molecule has 1 aromatic heterocycles. The van der Waals surface area contributed by atoms with Crippen LogP contribution in [0.5, 0.6) is 0 Å². The maximum atomic E-state index is 13.1. The fourth-order valence-corrected chi connectivity index (χ4v) is 2.81. The average molecular weight is 318 g/mol. The van der Waals surface area contributed by atoms with Crippen molar-refractivity contribution in [2.75, 3.05) is 20.3 Å². The van der Waals surface area contributed by atoms with Crippen molar-refractivity contribution in [1.82, 2.24) is 9.88 Å². The van der Waals surface area contributed by atoms with Gasteiger partial charge in [-0.15, -0.1) is 0 Å². The summed E-state index contributed by atoms with van der Waals surface area (Å²) in [5.74, 6) is -0.299. The van der Waals surface area contributed by atoms with Crippen molar-refractivity contribution in [2.45, 2.75) is 43.3 Å². The lowest BCUT2D eigenvalue weighted by atomic mass is 10.0. The van der Waals surface area contributed by atoms with E-state index in [-0.39, 0.29) is 24.5 Å². The van der Waals surface area contributed by atoms with Gasteiger partial charge in [0, 0.05) is 26.2 Å². The van der Waals surface area contributed by atoms with Crippen molar-refractivity contribution in [2.24, 2.45) is 0 Å². The number of halogens is 3. The number of ether oxygens (including phenoxy) is 1. The lowest BCUT2D eigenvalue weighted by Gasteiger charge is -2.29. The quantitative estimate of drug-likeness (QED) is 0.860. The molecule has 0 aromatic carbocycles.